The van der Waals surface area contributed by atoms with E-state index in [4.69, 9.17) is 14.3 Å². The van der Waals surface area contributed by atoms with Gasteiger partial charge in [-0.25, -0.2) is 9.59 Å². The largest absolute Gasteiger partial charge is 0.475 e. The SMILES string of the molecule is O=C(Nc1nn(C(=O)O)c2cc(C(=O)O)oc12)c1ccc(CN2CCOCC2)cc1. The second-order valence-corrected chi connectivity index (χ2v) is 6.71. The molecule has 156 valence electrons. The summed E-state index contributed by atoms with van der Waals surface area (Å²) in [6, 6.07) is 8.02. The molecule has 3 N–H and O–H groups in total. The third-order valence-corrected chi connectivity index (χ3v) is 4.71. The summed E-state index contributed by atoms with van der Waals surface area (Å²) in [5.74, 6) is -2.53. The number of anilines is 1. The number of carbonyl (C=O) groups excluding carboxylic acids is 1. The topological polar surface area (TPSA) is 147 Å². The molecular formula is C19H18N4O7. The van der Waals surface area contributed by atoms with E-state index < -0.39 is 23.7 Å². The third kappa shape index (κ3) is 3.88. The zero-order valence-electron chi connectivity index (χ0n) is 15.7. The first kappa shape index (κ1) is 19.6. The minimum Gasteiger partial charge on any atom is -0.475 e. The van der Waals surface area contributed by atoms with Gasteiger partial charge in [-0.2, -0.15) is 4.68 Å². The van der Waals surface area contributed by atoms with Gasteiger partial charge in [-0.1, -0.05) is 12.1 Å². The number of carbonyl (C=O) groups is 3. The van der Waals surface area contributed by atoms with E-state index in [2.05, 4.69) is 15.3 Å². The van der Waals surface area contributed by atoms with Crippen LogP contribution in [-0.2, 0) is 11.3 Å². The molecule has 1 aromatic carbocycles. The van der Waals surface area contributed by atoms with Crippen LogP contribution in [0, 0.1) is 0 Å². The van der Waals surface area contributed by atoms with Gasteiger partial charge >= 0.3 is 12.1 Å². The van der Waals surface area contributed by atoms with Gasteiger partial charge in [-0.15, -0.1) is 5.10 Å². The number of carboxylic acid groups (broad SMARTS) is 2. The summed E-state index contributed by atoms with van der Waals surface area (Å²) in [5.41, 5.74) is 1.18. The average Bonchev–Trinajstić information content (AvgIpc) is 3.30. The summed E-state index contributed by atoms with van der Waals surface area (Å²) in [7, 11) is 0. The van der Waals surface area contributed by atoms with Crippen LogP contribution in [0.2, 0.25) is 0 Å². The van der Waals surface area contributed by atoms with Crippen molar-refractivity contribution in [1.82, 2.24) is 14.7 Å². The molecule has 0 radical (unpaired) electrons. The number of hydrogen-bond acceptors (Lipinski definition) is 7. The smallest absolute Gasteiger partial charge is 0.432 e. The van der Waals surface area contributed by atoms with Crippen molar-refractivity contribution in [1.29, 1.82) is 0 Å². The molecule has 1 fully saturated rings. The molecule has 0 unspecified atom stereocenters. The van der Waals surface area contributed by atoms with Gasteiger partial charge in [0.25, 0.3) is 5.91 Å². The molecule has 1 saturated heterocycles. The second-order valence-electron chi connectivity index (χ2n) is 6.71. The number of carboxylic acids is 1. The molecule has 1 aliphatic heterocycles. The Hall–Kier alpha value is -3.70. The summed E-state index contributed by atoms with van der Waals surface area (Å²) in [6.45, 7) is 3.86. The predicted molar refractivity (Wildman–Crippen MR) is 103 cm³/mol. The van der Waals surface area contributed by atoms with E-state index in [9.17, 15) is 19.5 Å². The Morgan fingerprint density at radius 1 is 1.10 bits per heavy atom. The predicted octanol–water partition coefficient (Wildman–Crippen LogP) is 1.94. The minimum atomic E-state index is -1.44. The number of furan rings is 1. The van der Waals surface area contributed by atoms with E-state index in [1.165, 1.54) is 0 Å². The number of fused-ring (bicyclic) bond motifs is 1. The Labute approximate surface area is 169 Å². The standard InChI is InChI=1S/C19H18N4O7/c24-17(12-3-1-11(2-4-12)10-22-5-7-29-8-6-22)20-16-15-13(23(21-16)19(27)28)9-14(30-15)18(25)26/h1-4,9H,5-8,10H2,(H,25,26)(H,27,28)(H,20,21,24). The van der Waals surface area contributed by atoms with E-state index in [0.717, 1.165) is 31.3 Å². The molecule has 0 atom stereocenters. The van der Waals surface area contributed by atoms with E-state index >= 15 is 0 Å². The van der Waals surface area contributed by atoms with Gasteiger partial charge in [0.05, 0.1) is 13.2 Å². The molecule has 11 heteroatoms. The maximum Gasteiger partial charge on any atom is 0.432 e. The van der Waals surface area contributed by atoms with Crippen molar-refractivity contribution < 1.29 is 33.8 Å². The number of aromatic carboxylic acids is 1. The molecule has 2 aromatic heterocycles. The number of hydrogen-bond donors (Lipinski definition) is 3. The first-order valence-corrected chi connectivity index (χ1v) is 9.12. The van der Waals surface area contributed by atoms with Crippen molar-refractivity contribution in [2.45, 2.75) is 6.54 Å². The monoisotopic (exact) mass is 414 g/mol. The zero-order chi connectivity index (χ0) is 21.3. The van der Waals surface area contributed by atoms with Crippen LogP contribution in [0.25, 0.3) is 11.1 Å². The molecule has 0 bridgehead atoms. The minimum absolute atomic E-state index is 0.0731. The Kier molecular flexibility index (Phi) is 5.21. The van der Waals surface area contributed by atoms with Crippen molar-refractivity contribution in [3.05, 3.63) is 47.2 Å². The number of rotatable bonds is 5. The van der Waals surface area contributed by atoms with Crippen molar-refractivity contribution in [3.63, 3.8) is 0 Å². The fourth-order valence-electron chi connectivity index (χ4n) is 3.20. The van der Waals surface area contributed by atoms with Gasteiger partial charge in [0.1, 0.15) is 5.52 Å². The van der Waals surface area contributed by atoms with Crippen LogP contribution in [0.5, 0.6) is 0 Å². The van der Waals surface area contributed by atoms with Gasteiger partial charge in [0.15, 0.2) is 11.4 Å². The summed E-state index contributed by atoms with van der Waals surface area (Å²) in [6.07, 6.45) is -1.44. The molecule has 1 amide bonds. The third-order valence-electron chi connectivity index (χ3n) is 4.71. The summed E-state index contributed by atoms with van der Waals surface area (Å²) < 4.78 is 11.0. The zero-order valence-corrected chi connectivity index (χ0v) is 15.7. The van der Waals surface area contributed by atoms with Crippen molar-refractivity contribution >= 4 is 34.9 Å². The Balaban J connectivity index is 1.52. The van der Waals surface area contributed by atoms with Crippen LogP contribution < -0.4 is 5.32 Å². The molecule has 4 rings (SSSR count). The fraction of sp³-hybridized carbons (Fsp3) is 0.263. The Morgan fingerprint density at radius 3 is 2.43 bits per heavy atom. The molecule has 3 heterocycles. The first-order chi connectivity index (χ1) is 14.4. The van der Waals surface area contributed by atoms with E-state index in [-0.39, 0.29) is 16.9 Å². The highest BCUT2D eigenvalue weighted by Crippen LogP contribution is 2.27. The molecule has 0 aliphatic carbocycles. The van der Waals surface area contributed by atoms with Crippen LogP contribution in [0.4, 0.5) is 10.6 Å². The van der Waals surface area contributed by atoms with Crippen LogP contribution >= 0.6 is 0 Å². The normalized spacial score (nSPS) is 14.7. The average molecular weight is 414 g/mol. The van der Waals surface area contributed by atoms with Crippen molar-refractivity contribution in [2.75, 3.05) is 31.6 Å². The van der Waals surface area contributed by atoms with Gasteiger partial charge in [-0.05, 0) is 17.7 Å². The van der Waals surface area contributed by atoms with Gasteiger partial charge < -0.3 is 24.7 Å². The fourth-order valence-corrected chi connectivity index (χ4v) is 3.20. The molecule has 0 spiro atoms. The van der Waals surface area contributed by atoms with Crippen LogP contribution in [0.3, 0.4) is 0 Å². The number of nitrogens with zero attached hydrogens (tertiary/aromatic N) is 3. The molecule has 0 saturated carbocycles. The first-order valence-electron chi connectivity index (χ1n) is 9.12. The molecule has 30 heavy (non-hydrogen) atoms. The van der Waals surface area contributed by atoms with Crippen LogP contribution in [0.1, 0.15) is 26.5 Å². The van der Waals surface area contributed by atoms with Gasteiger partial charge in [-0.3, -0.25) is 9.69 Å². The van der Waals surface area contributed by atoms with Crippen LogP contribution in [0.15, 0.2) is 34.7 Å². The number of benzene rings is 1. The van der Waals surface area contributed by atoms with E-state index in [1.54, 1.807) is 12.1 Å². The lowest BCUT2D eigenvalue weighted by Gasteiger charge is -2.26. The lowest BCUT2D eigenvalue weighted by Crippen LogP contribution is -2.35. The molecule has 3 aromatic rings. The quantitative estimate of drug-likeness (QED) is 0.570. The van der Waals surface area contributed by atoms with Gasteiger partial charge in [0.2, 0.25) is 5.76 Å². The molecule has 11 nitrogen and oxygen atoms in total. The lowest BCUT2D eigenvalue weighted by molar-refractivity contribution is 0.0342. The number of ether oxygens (including phenoxy) is 1. The van der Waals surface area contributed by atoms with Gasteiger partial charge in [0, 0.05) is 31.3 Å². The molecular weight excluding hydrogens is 396 g/mol. The number of amides is 1. The maximum absolute atomic E-state index is 12.6. The Morgan fingerprint density at radius 2 is 1.80 bits per heavy atom. The number of nitrogens with one attached hydrogen (secondary N) is 1. The summed E-state index contributed by atoms with van der Waals surface area (Å²) in [4.78, 5) is 37.3. The Bertz CT molecular complexity index is 1110. The highest BCUT2D eigenvalue weighted by molar-refractivity contribution is 6.08. The summed E-state index contributed by atoms with van der Waals surface area (Å²) in [5, 5.41) is 24.6. The maximum atomic E-state index is 12.6. The number of morpholine rings is 1. The lowest BCUT2D eigenvalue weighted by atomic mass is 10.1. The summed E-state index contributed by atoms with van der Waals surface area (Å²) >= 11 is 0. The van der Waals surface area contributed by atoms with Crippen molar-refractivity contribution in [3.8, 4) is 0 Å². The van der Waals surface area contributed by atoms with Crippen LogP contribution in [-0.4, -0.2) is 69.2 Å². The number of aromatic nitrogens is 2. The van der Waals surface area contributed by atoms with Crippen molar-refractivity contribution in [2.24, 2.45) is 0 Å². The second kappa shape index (κ2) is 7.97. The molecule has 1 aliphatic rings. The highest BCUT2D eigenvalue weighted by Gasteiger charge is 2.24. The highest BCUT2D eigenvalue weighted by atomic mass is 16.5. The van der Waals surface area contributed by atoms with E-state index in [1.807, 2.05) is 12.1 Å². The van der Waals surface area contributed by atoms with E-state index in [0.29, 0.717) is 23.5 Å².